The lowest BCUT2D eigenvalue weighted by molar-refractivity contribution is -0.114. The Morgan fingerprint density at radius 2 is 2.13 bits per heavy atom. The predicted octanol–water partition coefficient (Wildman–Crippen LogP) is 2.71. The summed E-state index contributed by atoms with van der Waals surface area (Å²) in [4.78, 5) is 15.8. The molecule has 1 amide bonds. The van der Waals surface area contributed by atoms with Gasteiger partial charge in [0.05, 0.1) is 0 Å². The number of halogens is 1. The monoisotopic (exact) mass is 428 g/mol. The zero-order valence-corrected chi connectivity index (χ0v) is 15.8. The first-order valence-corrected chi connectivity index (χ1v) is 7.56. The normalized spacial score (nSPS) is 10.3. The minimum absolute atomic E-state index is 0. The van der Waals surface area contributed by atoms with Crippen LogP contribution in [-0.2, 0) is 4.79 Å². The van der Waals surface area contributed by atoms with E-state index in [0.717, 1.165) is 18.5 Å². The molecular formula is C17H25IN4O. The molecule has 0 aromatic heterocycles. The number of aliphatic imine (C=N–C) groups is 1. The van der Waals surface area contributed by atoms with Crippen LogP contribution in [0.5, 0.6) is 0 Å². The Balaban J connectivity index is 0.00000484. The molecule has 0 aliphatic rings. The number of terminal acetylenes is 1. The van der Waals surface area contributed by atoms with E-state index in [2.05, 4.69) is 28.5 Å². The van der Waals surface area contributed by atoms with Crippen molar-refractivity contribution >= 4 is 41.5 Å². The number of hydrogen-bond acceptors (Lipinski definition) is 2. The SMILES string of the molecule is C#Cc1cccc(NC(=O)CN=C(N)NCCCCCC)c1.I. The first-order valence-electron chi connectivity index (χ1n) is 7.56. The fourth-order valence-corrected chi connectivity index (χ4v) is 1.87. The summed E-state index contributed by atoms with van der Waals surface area (Å²) in [5.41, 5.74) is 7.08. The molecule has 126 valence electrons. The van der Waals surface area contributed by atoms with E-state index >= 15 is 0 Å². The standard InChI is InChI=1S/C17H24N4O.HI/c1-3-5-6-7-11-19-17(18)20-13-16(22)21-15-10-8-9-14(4-2)12-15;/h2,8-10,12H,3,5-7,11,13H2,1H3,(H,21,22)(H3,18,19,20);1H. The van der Waals surface area contributed by atoms with Gasteiger partial charge in [0.15, 0.2) is 5.96 Å². The van der Waals surface area contributed by atoms with E-state index < -0.39 is 0 Å². The number of amides is 1. The molecule has 0 aliphatic heterocycles. The van der Waals surface area contributed by atoms with E-state index in [4.69, 9.17) is 12.2 Å². The van der Waals surface area contributed by atoms with Crippen LogP contribution in [0.1, 0.15) is 38.2 Å². The second kappa shape index (κ2) is 12.8. The van der Waals surface area contributed by atoms with Crippen molar-refractivity contribution in [1.29, 1.82) is 0 Å². The lowest BCUT2D eigenvalue weighted by Gasteiger charge is -2.06. The quantitative estimate of drug-likeness (QED) is 0.196. The number of benzene rings is 1. The molecule has 0 bridgehead atoms. The molecule has 0 saturated carbocycles. The fraction of sp³-hybridized carbons (Fsp3) is 0.412. The van der Waals surface area contributed by atoms with Gasteiger partial charge in [-0.05, 0) is 24.6 Å². The maximum absolute atomic E-state index is 11.8. The highest BCUT2D eigenvalue weighted by atomic mass is 127. The average Bonchev–Trinajstić information content (AvgIpc) is 2.53. The fourth-order valence-electron chi connectivity index (χ4n) is 1.87. The molecule has 6 heteroatoms. The summed E-state index contributed by atoms with van der Waals surface area (Å²) in [7, 11) is 0. The van der Waals surface area contributed by atoms with Crippen LogP contribution in [0.4, 0.5) is 5.69 Å². The Kier molecular flexibility index (Phi) is 11.8. The van der Waals surface area contributed by atoms with E-state index in [9.17, 15) is 4.79 Å². The number of nitrogens with zero attached hydrogens (tertiary/aromatic N) is 1. The van der Waals surface area contributed by atoms with Crippen molar-refractivity contribution in [3.63, 3.8) is 0 Å². The van der Waals surface area contributed by atoms with Gasteiger partial charge in [0.25, 0.3) is 0 Å². The van der Waals surface area contributed by atoms with Crippen molar-refractivity contribution in [2.45, 2.75) is 32.6 Å². The van der Waals surface area contributed by atoms with Gasteiger partial charge >= 0.3 is 0 Å². The molecule has 0 radical (unpaired) electrons. The molecule has 1 rings (SSSR count). The van der Waals surface area contributed by atoms with Crippen LogP contribution in [-0.4, -0.2) is 25.0 Å². The summed E-state index contributed by atoms with van der Waals surface area (Å²) >= 11 is 0. The van der Waals surface area contributed by atoms with Gasteiger partial charge in [0.2, 0.25) is 5.91 Å². The Labute approximate surface area is 155 Å². The van der Waals surface area contributed by atoms with Crippen molar-refractivity contribution in [1.82, 2.24) is 5.32 Å². The van der Waals surface area contributed by atoms with Crippen LogP contribution in [0.3, 0.4) is 0 Å². The summed E-state index contributed by atoms with van der Waals surface area (Å²) < 4.78 is 0. The van der Waals surface area contributed by atoms with E-state index in [0.29, 0.717) is 11.6 Å². The lowest BCUT2D eigenvalue weighted by Crippen LogP contribution is -2.33. The highest BCUT2D eigenvalue weighted by Crippen LogP contribution is 2.09. The van der Waals surface area contributed by atoms with Crippen LogP contribution in [0.15, 0.2) is 29.3 Å². The molecule has 1 aromatic carbocycles. The Morgan fingerprint density at radius 3 is 2.83 bits per heavy atom. The lowest BCUT2D eigenvalue weighted by atomic mass is 10.2. The molecule has 0 fully saturated rings. The molecule has 0 unspecified atom stereocenters. The van der Waals surface area contributed by atoms with E-state index in [1.807, 2.05) is 0 Å². The topological polar surface area (TPSA) is 79.5 Å². The number of anilines is 1. The Bertz CT molecular complexity index is 552. The van der Waals surface area contributed by atoms with Crippen molar-refractivity contribution < 1.29 is 4.79 Å². The Morgan fingerprint density at radius 1 is 1.35 bits per heavy atom. The third kappa shape index (κ3) is 9.79. The Hall–Kier alpha value is -1.75. The number of nitrogens with two attached hydrogens (primary N) is 1. The van der Waals surface area contributed by atoms with Crippen LogP contribution < -0.4 is 16.4 Å². The third-order valence-electron chi connectivity index (χ3n) is 3.04. The molecule has 1 aromatic rings. The van der Waals surface area contributed by atoms with Crippen molar-refractivity contribution in [3.8, 4) is 12.3 Å². The van der Waals surface area contributed by atoms with Crippen molar-refractivity contribution in [2.75, 3.05) is 18.4 Å². The van der Waals surface area contributed by atoms with Gasteiger partial charge in [-0.15, -0.1) is 30.4 Å². The summed E-state index contributed by atoms with van der Waals surface area (Å²) in [6, 6.07) is 7.10. The van der Waals surface area contributed by atoms with Gasteiger partial charge in [-0.2, -0.15) is 0 Å². The van der Waals surface area contributed by atoms with Gasteiger partial charge in [0.1, 0.15) is 6.54 Å². The second-order valence-corrected chi connectivity index (χ2v) is 4.96. The zero-order chi connectivity index (χ0) is 16.2. The van der Waals surface area contributed by atoms with Gasteiger partial charge in [-0.1, -0.05) is 38.2 Å². The zero-order valence-electron chi connectivity index (χ0n) is 13.5. The highest BCUT2D eigenvalue weighted by Gasteiger charge is 2.02. The van der Waals surface area contributed by atoms with Gasteiger partial charge in [0, 0.05) is 17.8 Å². The van der Waals surface area contributed by atoms with E-state index in [1.54, 1.807) is 24.3 Å². The average molecular weight is 428 g/mol. The number of guanidine groups is 1. The maximum Gasteiger partial charge on any atom is 0.246 e. The van der Waals surface area contributed by atoms with E-state index in [-0.39, 0.29) is 36.4 Å². The largest absolute Gasteiger partial charge is 0.370 e. The van der Waals surface area contributed by atoms with Gasteiger partial charge < -0.3 is 16.4 Å². The number of carbonyl (C=O) groups excluding carboxylic acids is 1. The predicted molar refractivity (Wildman–Crippen MR) is 107 cm³/mol. The van der Waals surface area contributed by atoms with Gasteiger partial charge in [-0.25, -0.2) is 4.99 Å². The van der Waals surface area contributed by atoms with Crippen LogP contribution >= 0.6 is 24.0 Å². The number of unbranched alkanes of at least 4 members (excludes halogenated alkanes) is 3. The second-order valence-electron chi connectivity index (χ2n) is 4.96. The number of hydrogen-bond donors (Lipinski definition) is 3. The molecule has 5 nitrogen and oxygen atoms in total. The molecular weight excluding hydrogens is 403 g/mol. The molecule has 4 N–H and O–H groups in total. The minimum Gasteiger partial charge on any atom is -0.370 e. The van der Waals surface area contributed by atoms with Crippen molar-refractivity contribution in [2.24, 2.45) is 10.7 Å². The maximum atomic E-state index is 11.8. The number of rotatable bonds is 8. The smallest absolute Gasteiger partial charge is 0.246 e. The van der Waals surface area contributed by atoms with Crippen LogP contribution in [0.2, 0.25) is 0 Å². The number of carbonyl (C=O) groups is 1. The molecule has 0 heterocycles. The summed E-state index contributed by atoms with van der Waals surface area (Å²) in [6.07, 6.45) is 9.95. The van der Waals surface area contributed by atoms with Crippen LogP contribution in [0, 0.1) is 12.3 Å². The van der Waals surface area contributed by atoms with Crippen LogP contribution in [0.25, 0.3) is 0 Å². The molecule has 0 atom stereocenters. The highest BCUT2D eigenvalue weighted by molar-refractivity contribution is 14.0. The number of nitrogens with one attached hydrogen (secondary N) is 2. The molecule has 0 saturated heterocycles. The summed E-state index contributed by atoms with van der Waals surface area (Å²) in [6.45, 7) is 2.93. The first kappa shape index (κ1) is 21.2. The molecule has 0 spiro atoms. The van der Waals surface area contributed by atoms with Gasteiger partial charge in [-0.3, -0.25) is 4.79 Å². The molecule has 0 aliphatic carbocycles. The summed E-state index contributed by atoms with van der Waals surface area (Å²) in [5, 5.41) is 5.73. The van der Waals surface area contributed by atoms with E-state index in [1.165, 1.54) is 19.3 Å². The third-order valence-corrected chi connectivity index (χ3v) is 3.04. The van der Waals surface area contributed by atoms with Crippen molar-refractivity contribution in [3.05, 3.63) is 29.8 Å². The molecule has 23 heavy (non-hydrogen) atoms. The minimum atomic E-state index is -0.232. The first-order chi connectivity index (χ1) is 10.7. The summed E-state index contributed by atoms with van der Waals surface area (Å²) in [5.74, 6) is 2.58.